The average Bonchev–Trinajstić information content (AvgIpc) is 3.21. The molecule has 2 aromatic heterocycles. The Morgan fingerprint density at radius 1 is 0.962 bits per heavy atom. The molecule has 4 rings (SSSR count). The third kappa shape index (κ3) is 2.87. The lowest BCUT2D eigenvalue weighted by Crippen LogP contribution is -2.00. The normalized spacial score (nSPS) is 11.1. The highest BCUT2D eigenvalue weighted by Crippen LogP contribution is 2.32. The smallest absolute Gasteiger partial charge is 0.181 e. The minimum atomic E-state index is 0.561. The van der Waals surface area contributed by atoms with E-state index in [1.807, 2.05) is 55.1 Å². The van der Waals surface area contributed by atoms with Crippen LogP contribution in [0.15, 0.2) is 48.7 Å². The van der Waals surface area contributed by atoms with Gasteiger partial charge in [0.05, 0.1) is 5.02 Å². The van der Waals surface area contributed by atoms with Gasteiger partial charge in [-0.2, -0.15) is 0 Å². The summed E-state index contributed by atoms with van der Waals surface area (Å²) in [5, 5.41) is 12.7. The molecule has 0 bridgehead atoms. The van der Waals surface area contributed by atoms with Crippen molar-refractivity contribution in [3.8, 4) is 28.5 Å². The minimum Gasteiger partial charge on any atom is -0.297 e. The van der Waals surface area contributed by atoms with Crippen molar-refractivity contribution in [2.45, 2.75) is 6.92 Å². The molecule has 0 atom stereocenters. The number of halogens is 2. The summed E-state index contributed by atoms with van der Waals surface area (Å²) in [5.41, 5.74) is 3.73. The van der Waals surface area contributed by atoms with Crippen LogP contribution < -0.4 is 0 Å². The molecular formula is C18H14Cl2N6. The molecule has 0 spiro atoms. The second-order valence-electron chi connectivity index (χ2n) is 5.86. The summed E-state index contributed by atoms with van der Waals surface area (Å²) in [7, 11) is 1.81. The molecule has 0 saturated carbocycles. The van der Waals surface area contributed by atoms with Crippen LogP contribution >= 0.6 is 23.2 Å². The molecule has 0 unspecified atom stereocenters. The van der Waals surface area contributed by atoms with Crippen LogP contribution in [0.4, 0.5) is 0 Å². The van der Waals surface area contributed by atoms with Crippen molar-refractivity contribution >= 4 is 23.2 Å². The maximum atomic E-state index is 6.38. The summed E-state index contributed by atoms with van der Waals surface area (Å²) >= 11 is 12.4. The largest absolute Gasteiger partial charge is 0.297 e. The van der Waals surface area contributed by atoms with Crippen molar-refractivity contribution in [1.29, 1.82) is 0 Å². The van der Waals surface area contributed by atoms with Gasteiger partial charge in [0.1, 0.15) is 5.82 Å². The summed E-state index contributed by atoms with van der Waals surface area (Å²) in [4.78, 5) is 4.54. The van der Waals surface area contributed by atoms with Gasteiger partial charge < -0.3 is 0 Å². The SMILES string of the molecule is Cc1cnc(-c2ccc(Cl)cc2Cl)n1-c1ccc(-c2nnnn2C)cc1. The highest BCUT2D eigenvalue weighted by atomic mass is 35.5. The molecule has 0 aliphatic carbocycles. The Morgan fingerprint density at radius 2 is 1.73 bits per heavy atom. The lowest BCUT2D eigenvalue weighted by molar-refractivity contribution is 0.714. The fourth-order valence-corrected chi connectivity index (χ4v) is 3.35. The van der Waals surface area contributed by atoms with Crippen LogP contribution in [0.5, 0.6) is 0 Å². The van der Waals surface area contributed by atoms with Crippen LogP contribution in [0, 0.1) is 6.92 Å². The van der Waals surface area contributed by atoms with Gasteiger partial charge in [-0.15, -0.1) is 5.10 Å². The molecule has 4 aromatic rings. The summed E-state index contributed by atoms with van der Waals surface area (Å²) in [6.07, 6.45) is 1.82. The van der Waals surface area contributed by atoms with E-state index >= 15 is 0 Å². The highest BCUT2D eigenvalue weighted by Gasteiger charge is 2.15. The second kappa shape index (κ2) is 6.55. The van der Waals surface area contributed by atoms with Gasteiger partial charge in [-0.1, -0.05) is 23.2 Å². The molecule has 0 aliphatic heterocycles. The first kappa shape index (κ1) is 16.8. The molecule has 0 N–H and O–H groups in total. The second-order valence-corrected chi connectivity index (χ2v) is 6.70. The van der Waals surface area contributed by atoms with Gasteiger partial charge in [0, 0.05) is 40.8 Å². The van der Waals surface area contributed by atoms with Crippen molar-refractivity contribution in [3.05, 3.63) is 64.4 Å². The molecule has 0 amide bonds. The zero-order chi connectivity index (χ0) is 18.3. The number of hydrogen-bond acceptors (Lipinski definition) is 4. The van der Waals surface area contributed by atoms with Crippen LogP contribution in [0.25, 0.3) is 28.5 Å². The van der Waals surface area contributed by atoms with E-state index in [2.05, 4.69) is 20.5 Å². The monoisotopic (exact) mass is 384 g/mol. The van der Waals surface area contributed by atoms with Gasteiger partial charge in [0.2, 0.25) is 0 Å². The van der Waals surface area contributed by atoms with E-state index in [1.165, 1.54) is 0 Å². The van der Waals surface area contributed by atoms with Gasteiger partial charge in [-0.3, -0.25) is 4.57 Å². The van der Waals surface area contributed by atoms with Crippen molar-refractivity contribution < 1.29 is 0 Å². The zero-order valence-corrected chi connectivity index (χ0v) is 15.6. The van der Waals surface area contributed by atoms with Crippen LogP contribution in [0.1, 0.15) is 5.69 Å². The van der Waals surface area contributed by atoms with Gasteiger partial charge in [-0.25, -0.2) is 9.67 Å². The first-order valence-corrected chi connectivity index (χ1v) is 8.63. The lowest BCUT2D eigenvalue weighted by Gasteiger charge is -2.12. The summed E-state index contributed by atoms with van der Waals surface area (Å²) < 4.78 is 3.68. The van der Waals surface area contributed by atoms with Gasteiger partial charge in [0.25, 0.3) is 0 Å². The number of rotatable bonds is 3. The molecule has 8 heteroatoms. The first-order chi connectivity index (χ1) is 12.5. The maximum Gasteiger partial charge on any atom is 0.181 e. The Balaban J connectivity index is 1.79. The Kier molecular flexibility index (Phi) is 4.22. The molecule has 0 aliphatic rings. The molecule has 6 nitrogen and oxygen atoms in total. The van der Waals surface area contributed by atoms with Crippen LogP contribution in [0.3, 0.4) is 0 Å². The number of tetrazole rings is 1. The van der Waals surface area contributed by atoms with Gasteiger partial charge in [-0.05, 0) is 59.8 Å². The minimum absolute atomic E-state index is 0.561. The Labute approximate surface area is 160 Å². The quantitative estimate of drug-likeness (QED) is 0.526. The molecule has 130 valence electrons. The van der Waals surface area contributed by atoms with E-state index < -0.39 is 0 Å². The number of imidazole rings is 1. The van der Waals surface area contributed by atoms with Crippen molar-refractivity contribution in [2.75, 3.05) is 0 Å². The van der Waals surface area contributed by atoms with Gasteiger partial charge in [0.15, 0.2) is 5.82 Å². The van der Waals surface area contributed by atoms with E-state index in [0.29, 0.717) is 15.9 Å². The fourth-order valence-electron chi connectivity index (χ4n) is 2.86. The molecule has 0 radical (unpaired) electrons. The predicted molar refractivity (Wildman–Crippen MR) is 102 cm³/mol. The molecule has 2 aromatic carbocycles. The van der Waals surface area contributed by atoms with Crippen molar-refractivity contribution in [3.63, 3.8) is 0 Å². The predicted octanol–water partition coefficient (Wildman–Crippen LogP) is 4.35. The maximum absolute atomic E-state index is 6.38. The summed E-state index contributed by atoms with van der Waals surface area (Å²) in [5.74, 6) is 1.47. The Bertz CT molecular complexity index is 1080. The van der Waals surface area contributed by atoms with E-state index in [1.54, 1.807) is 16.8 Å². The molecule has 26 heavy (non-hydrogen) atoms. The third-order valence-electron chi connectivity index (χ3n) is 4.11. The summed E-state index contributed by atoms with van der Waals surface area (Å²) in [6, 6.07) is 13.4. The molecule has 2 heterocycles. The number of benzene rings is 2. The van der Waals surface area contributed by atoms with E-state index in [0.717, 1.165) is 28.3 Å². The Morgan fingerprint density at radius 3 is 2.38 bits per heavy atom. The highest BCUT2D eigenvalue weighted by molar-refractivity contribution is 6.36. The fraction of sp³-hybridized carbons (Fsp3) is 0.111. The molecule has 0 fully saturated rings. The number of aryl methyl sites for hydroxylation is 2. The van der Waals surface area contributed by atoms with E-state index in [4.69, 9.17) is 23.2 Å². The topological polar surface area (TPSA) is 61.4 Å². The zero-order valence-electron chi connectivity index (χ0n) is 14.1. The van der Waals surface area contributed by atoms with Crippen molar-refractivity contribution in [2.24, 2.45) is 7.05 Å². The van der Waals surface area contributed by atoms with Crippen molar-refractivity contribution in [1.82, 2.24) is 29.8 Å². The number of nitrogens with zero attached hydrogens (tertiary/aromatic N) is 6. The van der Waals surface area contributed by atoms with Crippen LogP contribution in [-0.4, -0.2) is 29.8 Å². The van der Waals surface area contributed by atoms with Gasteiger partial charge >= 0.3 is 0 Å². The standard InChI is InChI=1S/C18H14Cl2N6/c1-11-10-21-18(15-8-5-13(19)9-16(15)20)26(11)14-6-3-12(4-7-14)17-22-23-24-25(17)2/h3-10H,1-2H3. The average molecular weight is 385 g/mol. The molecular weight excluding hydrogens is 371 g/mol. The van der Waals surface area contributed by atoms with Crippen LogP contribution in [-0.2, 0) is 7.05 Å². The number of hydrogen-bond donors (Lipinski definition) is 0. The van der Waals surface area contributed by atoms with E-state index in [9.17, 15) is 0 Å². The third-order valence-corrected chi connectivity index (χ3v) is 4.66. The molecule has 0 saturated heterocycles. The van der Waals surface area contributed by atoms with E-state index in [-0.39, 0.29) is 0 Å². The first-order valence-electron chi connectivity index (χ1n) is 7.87. The number of aromatic nitrogens is 6. The van der Waals surface area contributed by atoms with Crippen LogP contribution in [0.2, 0.25) is 10.0 Å². The Hall–Kier alpha value is -2.70. The lowest BCUT2D eigenvalue weighted by atomic mass is 10.1. The summed E-state index contributed by atoms with van der Waals surface area (Å²) in [6.45, 7) is 2.00.